The molecule has 0 bridgehead atoms. The average molecular weight is 390 g/mol. The normalized spacial score (nSPS) is 14.5. The average Bonchev–Trinajstić information content (AvgIpc) is 2.66. The lowest BCUT2D eigenvalue weighted by molar-refractivity contribution is 0.0984. The van der Waals surface area contributed by atoms with Gasteiger partial charge in [-0.05, 0) is 62.6 Å². The number of hydrogen-bond donors (Lipinski definition) is 0. The van der Waals surface area contributed by atoms with Crippen molar-refractivity contribution in [2.24, 2.45) is 0 Å². The predicted octanol–water partition coefficient (Wildman–Crippen LogP) is 3.45. The molecule has 0 aliphatic carbocycles. The number of sulfonamides is 1. The minimum absolute atomic E-state index is 0.125. The quantitative estimate of drug-likeness (QED) is 0.803. The third kappa shape index (κ3) is 3.61. The Bertz CT molecular complexity index is 956. The van der Waals surface area contributed by atoms with E-state index in [4.69, 9.17) is 0 Å². The minimum atomic E-state index is -3.61. The van der Waals surface area contributed by atoms with Crippen LogP contribution in [-0.2, 0) is 16.4 Å². The zero-order chi connectivity index (χ0) is 19.8. The molecule has 0 fully saturated rings. The highest BCUT2D eigenvalue weighted by molar-refractivity contribution is 7.89. The van der Waals surface area contributed by atoms with Crippen LogP contribution in [-0.4, -0.2) is 38.3 Å². The van der Waals surface area contributed by atoms with Gasteiger partial charge in [-0.3, -0.25) is 4.79 Å². The van der Waals surface area contributed by atoms with Gasteiger partial charge in [-0.25, -0.2) is 12.8 Å². The van der Waals surface area contributed by atoms with Gasteiger partial charge in [-0.2, -0.15) is 4.31 Å². The predicted molar refractivity (Wildman–Crippen MR) is 103 cm³/mol. The summed E-state index contributed by atoms with van der Waals surface area (Å²) >= 11 is 0. The van der Waals surface area contributed by atoms with Crippen LogP contribution in [0.4, 0.5) is 10.1 Å². The summed E-state index contributed by atoms with van der Waals surface area (Å²) < 4.78 is 40.7. The molecule has 3 rings (SSSR count). The van der Waals surface area contributed by atoms with Crippen LogP contribution >= 0.6 is 0 Å². The van der Waals surface area contributed by atoms with E-state index in [-0.39, 0.29) is 16.8 Å². The molecule has 0 aromatic heterocycles. The van der Waals surface area contributed by atoms with Crippen LogP contribution in [0, 0.1) is 5.82 Å². The first-order valence-corrected chi connectivity index (χ1v) is 10.3. The Hall–Kier alpha value is -2.25. The Balaban J connectivity index is 1.90. The van der Waals surface area contributed by atoms with Gasteiger partial charge in [0, 0.05) is 25.2 Å². The van der Waals surface area contributed by atoms with E-state index in [1.807, 2.05) is 6.07 Å². The molecule has 27 heavy (non-hydrogen) atoms. The topological polar surface area (TPSA) is 57.7 Å². The largest absolute Gasteiger partial charge is 0.305 e. The van der Waals surface area contributed by atoms with Gasteiger partial charge in [0.25, 0.3) is 5.91 Å². The van der Waals surface area contributed by atoms with Crippen LogP contribution in [0.3, 0.4) is 0 Å². The van der Waals surface area contributed by atoms with Crippen molar-refractivity contribution in [2.45, 2.75) is 37.6 Å². The fraction of sp³-hybridized carbons (Fsp3) is 0.350. The van der Waals surface area contributed by atoms with Crippen molar-refractivity contribution in [3.63, 3.8) is 0 Å². The molecule has 0 atom stereocenters. The number of halogens is 1. The second kappa shape index (κ2) is 7.40. The van der Waals surface area contributed by atoms with Gasteiger partial charge >= 0.3 is 0 Å². The van der Waals surface area contributed by atoms with Crippen molar-refractivity contribution in [3.05, 3.63) is 59.4 Å². The van der Waals surface area contributed by atoms with Gasteiger partial charge in [-0.1, -0.05) is 12.1 Å². The van der Waals surface area contributed by atoms with Crippen molar-refractivity contribution in [1.29, 1.82) is 0 Å². The van der Waals surface area contributed by atoms with E-state index in [9.17, 15) is 17.6 Å². The lowest BCUT2D eigenvalue weighted by Crippen LogP contribution is -2.36. The van der Waals surface area contributed by atoms with Crippen molar-refractivity contribution < 1.29 is 17.6 Å². The van der Waals surface area contributed by atoms with Crippen molar-refractivity contribution in [2.75, 3.05) is 18.5 Å². The Labute approximate surface area is 159 Å². The van der Waals surface area contributed by atoms with E-state index in [1.54, 1.807) is 19.9 Å². The maximum absolute atomic E-state index is 14.3. The first-order valence-electron chi connectivity index (χ1n) is 8.91. The number of carbonyl (C=O) groups is 1. The minimum Gasteiger partial charge on any atom is -0.305 e. The number of amides is 1. The summed E-state index contributed by atoms with van der Waals surface area (Å²) in [5.74, 6) is -0.750. The summed E-state index contributed by atoms with van der Waals surface area (Å²) in [6.07, 6.45) is 1.49. The zero-order valence-corrected chi connectivity index (χ0v) is 16.5. The van der Waals surface area contributed by atoms with Crippen LogP contribution in [0.15, 0.2) is 47.4 Å². The van der Waals surface area contributed by atoms with Crippen LogP contribution in [0.25, 0.3) is 0 Å². The number of rotatable bonds is 4. The number of nitrogens with zero attached hydrogens (tertiary/aromatic N) is 2. The van der Waals surface area contributed by atoms with Gasteiger partial charge in [0.1, 0.15) is 5.82 Å². The fourth-order valence-corrected chi connectivity index (χ4v) is 4.54. The highest BCUT2D eigenvalue weighted by Gasteiger charge is 2.27. The summed E-state index contributed by atoms with van der Waals surface area (Å²) in [6, 6.07) is 10.5. The standard InChI is InChI=1S/C20H23FN2O3S/c1-14(2)22(3)27(25,26)17-11-9-16(10-12-17)20(24)23-13-5-7-15-6-4-8-18(21)19(15)23/h4,6,8-12,14H,5,7,13H2,1-3H3. The van der Waals surface area contributed by atoms with Crippen LogP contribution in [0.2, 0.25) is 0 Å². The number of benzene rings is 2. The van der Waals surface area contributed by atoms with Crippen molar-refractivity contribution in [1.82, 2.24) is 4.31 Å². The van der Waals surface area contributed by atoms with E-state index in [0.29, 0.717) is 17.8 Å². The Morgan fingerprint density at radius 2 is 1.81 bits per heavy atom. The van der Waals surface area contributed by atoms with Crippen molar-refractivity contribution in [3.8, 4) is 0 Å². The molecule has 0 spiro atoms. The van der Waals surface area contributed by atoms with E-state index >= 15 is 0 Å². The van der Waals surface area contributed by atoms with Crippen LogP contribution < -0.4 is 4.90 Å². The molecule has 5 nitrogen and oxygen atoms in total. The monoisotopic (exact) mass is 390 g/mol. The second-order valence-corrected chi connectivity index (χ2v) is 8.94. The first-order chi connectivity index (χ1) is 12.7. The molecule has 2 aromatic carbocycles. The van der Waals surface area contributed by atoms with Crippen molar-refractivity contribution >= 4 is 21.6 Å². The maximum atomic E-state index is 14.3. The van der Waals surface area contributed by atoms with E-state index < -0.39 is 15.8 Å². The van der Waals surface area contributed by atoms with Gasteiger partial charge in [0.2, 0.25) is 10.0 Å². The molecule has 0 saturated carbocycles. The van der Waals surface area contributed by atoms with Gasteiger partial charge in [0.05, 0.1) is 10.6 Å². The summed E-state index contributed by atoms with van der Waals surface area (Å²) in [5, 5.41) is 0. The lowest BCUT2D eigenvalue weighted by atomic mass is 10.0. The summed E-state index contributed by atoms with van der Waals surface area (Å²) in [5.41, 5.74) is 1.47. The van der Waals surface area contributed by atoms with Crippen LogP contribution in [0.5, 0.6) is 0 Å². The van der Waals surface area contributed by atoms with E-state index in [2.05, 4.69) is 0 Å². The summed E-state index contributed by atoms with van der Waals surface area (Å²) in [6.45, 7) is 4.01. The third-order valence-electron chi connectivity index (χ3n) is 4.92. The molecule has 1 aliphatic rings. The number of fused-ring (bicyclic) bond motifs is 1. The molecule has 0 saturated heterocycles. The molecule has 1 aliphatic heterocycles. The molecule has 1 heterocycles. The van der Waals surface area contributed by atoms with Gasteiger partial charge < -0.3 is 4.90 Å². The number of aryl methyl sites for hydroxylation is 1. The maximum Gasteiger partial charge on any atom is 0.258 e. The zero-order valence-electron chi connectivity index (χ0n) is 15.6. The second-order valence-electron chi connectivity index (χ2n) is 6.95. The van der Waals surface area contributed by atoms with E-state index in [0.717, 1.165) is 18.4 Å². The summed E-state index contributed by atoms with van der Waals surface area (Å²) in [7, 11) is -2.09. The fourth-order valence-electron chi connectivity index (χ4n) is 3.18. The van der Waals surface area contributed by atoms with Gasteiger partial charge in [-0.15, -0.1) is 0 Å². The van der Waals surface area contributed by atoms with E-state index in [1.165, 1.54) is 46.6 Å². The highest BCUT2D eigenvalue weighted by atomic mass is 32.2. The third-order valence-corrected chi connectivity index (χ3v) is 6.97. The molecule has 7 heteroatoms. The lowest BCUT2D eigenvalue weighted by Gasteiger charge is -2.30. The Morgan fingerprint density at radius 1 is 1.15 bits per heavy atom. The van der Waals surface area contributed by atoms with Gasteiger partial charge in [0.15, 0.2) is 0 Å². The highest BCUT2D eigenvalue weighted by Crippen LogP contribution is 2.31. The molecule has 0 N–H and O–H groups in total. The molecule has 144 valence electrons. The first kappa shape index (κ1) is 19.5. The Kier molecular flexibility index (Phi) is 5.35. The number of hydrogen-bond acceptors (Lipinski definition) is 3. The molecular formula is C20H23FN2O3S. The number of para-hydroxylation sites is 1. The smallest absolute Gasteiger partial charge is 0.258 e. The molecule has 0 radical (unpaired) electrons. The molecular weight excluding hydrogens is 367 g/mol. The molecule has 0 unspecified atom stereocenters. The Morgan fingerprint density at radius 3 is 2.44 bits per heavy atom. The molecule has 2 aromatic rings. The van der Waals surface area contributed by atoms with Crippen LogP contribution in [0.1, 0.15) is 36.2 Å². The molecule has 1 amide bonds. The summed E-state index contributed by atoms with van der Waals surface area (Å²) in [4.78, 5) is 14.5. The SMILES string of the molecule is CC(C)N(C)S(=O)(=O)c1ccc(C(=O)N2CCCc3cccc(F)c32)cc1. The number of carbonyl (C=O) groups excluding carboxylic acids is 1. The number of anilines is 1.